The van der Waals surface area contributed by atoms with E-state index >= 15 is 0 Å². The van der Waals surface area contributed by atoms with Crippen molar-refractivity contribution in [3.8, 4) is 11.5 Å². The van der Waals surface area contributed by atoms with Gasteiger partial charge in [0.1, 0.15) is 11.5 Å². The van der Waals surface area contributed by atoms with Gasteiger partial charge in [0.15, 0.2) is 5.78 Å². The van der Waals surface area contributed by atoms with Crippen LogP contribution < -0.4 is 9.47 Å². The Hall–Kier alpha value is -1.59. The van der Waals surface area contributed by atoms with Crippen LogP contribution in [0.4, 0.5) is 0 Å². The summed E-state index contributed by atoms with van der Waals surface area (Å²) in [5.41, 5.74) is 0.668. The molecule has 5 nitrogen and oxygen atoms in total. The highest BCUT2D eigenvalue weighted by molar-refractivity contribution is 5.99. The largest absolute Gasteiger partial charge is 0.493 e. The molecule has 21 heavy (non-hydrogen) atoms. The molecule has 2 aliphatic rings. The molecule has 0 saturated carbocycles. The summed E-state index contributed by atoms with van der Waals surface area (Å²) in [5, 5.41) is 0. The molecule has 0 radical (unpaired) electrons. The zero-order valence-electron chi connectivity index (χ0n) is 12.2. The highest BCUT2D eigenvalue weighted by Gasteiger charge is 2.18. The molecule has 2 aliphatic heterocycles. The van der Waals surface area contributed by atoms with E-state index in [1.54, 1.807) is 6.07 Å². The number of fused-ring (bicyclic) bond motifs is 1. The molecule has 0 bridgehead atoms. The average molecular weight is 291 g/mol. The molecule has 2 heterocycles. The third kappa shape index (κ3) is 3.74. The molecule has 5 heteroatoms. The zero-order valence-corrected chi connectivity index (χ0v) is 12.2. The van der Waals surface area contributed by atoms with Crippen LogP contribution in [0.15, 0.2) is 18.2 Å². The average Bonchev–Trinajstić information content (AvgIpc) is 2.53. The van der Waals surface area contributed by atoms with Gasteiger partial charge in [0.05, 0.1) is 32.0 Å². The molecule has 0 spiro atoms. The van der Waals surface area contributed by atoms with Crippen LogP contribution in [0.1, 0.15) is 23.2 Å². The van der Waals surface area contributed by atoms with E-state index in [-0.39, 0.29) is 5.78 Å². The van der Waals surface area contributed by atoms with Gasteiger partial charge < -0.3 is 14.2 Å². The summed E-state index contributed by atoms with van der Waals surface area (Å²) in [6, 6.07) is 5.47. The van der Waals surface area contributed by atoms with E-state index in [1.165, 1.54) is 0 Å². The monoisotopic (exact) mass is 291 g/mol. The number of carbonyl (C=O) groups excluding carboxylic acids is 1. The molecule has 3 rings (SSSR count). The van der Waals surface area contributed by atoms with Crippen LogP contribution in [0.5, 0.6) is 11.5 Å². The lowest BCUT2D eigenvalue weighted by atomic mass is 10.1. The maximum atomic E-state index is 11.7. The minimum absolute atomic E-state index is 0.148. The van der Waals surface area contributed by atoms with Crippen LogP contribution in [0.2, 0.25) is 0 Å². The summed E-state index contributed by atoms with van der Waals surface area (Å²) in [5.74, 6) is 1.57. The molecule has 0 N–H and O–H groups in total. The van der Waals surface area contributed by atoms with Gasteiger partial charge in [0.25, 0.3) is 0 Å². The van der Waals surface area contributed by atoms with Crippen LogP contribution in [0, 0.1) is 0 Å². The first-order valence-corrected chi connectivity index (χ1v) is 7.56. The Morgan fingerprint density at radius 3 is 2.90 bits per heavy atom. The first kappa shape index (κ1) is 14.4. The van der Waals surface area contributed by atoms with Gasteiger partial charge >= 0.3 is 0 Å². The van der Waals surface area contributed by atoms with Crippen molar-refractivity contribution < 1.29 is 19.0 Å². The predicted octanol–water partition coefficient (Wildman–Crippen LogP) is 1.75. The smallest absolute Gasteiger partial charge is 0.169 e. The van der Waals surface area contributed by atoms with Gasteiger partial charge in [0, 0.05) is 32.1 Å². The summed E-state index contributed by atoms with van der Waals surface area (Å²) in [6.07, 6.45) is 1.45. The normalized spacial score (nSPS) is 19.0. The van der Waals surface area contributed by atoms with E-state index in [0.29, 0.717) is 30.9 Å². The van der Waals surface area contributed by atoms with Gasteiger partial charge in [-0.1, -0.05) is 0 Å². The summed E-state index contributed by atoms with van der Waals surface area (Å²) >= 11 is 0. The summed E-state index contributed by atoms with van der Waals surface area (Å²) in [4.78, 5) is 14.1. The molecular formula is C16H21NO4. The number of morpholine rings is 1. The van der Waals surface area contributed by atoms with Gasteiger partial charge in [0.2, 0.25) is 0 Å². The Morgan fingerprint density at radius 1 is 1.19 bits per heavy atom. The standard InChI is InChI=1S/C16H21NO4/c18-15-4-9-21-16-12-13(2-3-14(15)16)20-8-1-5-17-6-10-19-11-7-17/h2-3,12H,1,4-11H2. The third-order valence-corrected chi connectivity index (χ3v) is 3.83. The van der Waals surface area contributed by atoms with Crippen molar-refractivity contribution >= 4 is 5.78 Å². The van der Waals surface area contributed by atoms with Gasteiger partial charge in [-0.3, -0.25) is 9.69 Å². The molecule has 0 unspecified atom stereocenters. The van der Waals surface area contributed by atoms with Crippen LogP contribution >= 0.6 is 0 Å². The molecule has 0 aliphatic carbocycles. The second-order valence-corrected chi connectivity index (χ2v) is 5.34. The van der Waals surface area contributed by atoms with E-state index in [1.807, 2.05) is 12.1 Å². The number of carbonyl (C=O) groups is 1. The van der Waals surface area contributed by atoms with Crippen molar-refractivity contribution in [2.24, 2.45) is 0 Å². The molecule has 114 valence electrons. The maximum absolute atomic E-state index is 11.7. The number of rotatable bonds is 5. The Balaban J connectivity index is 1.46. The minimum atomic E-state index is 0.148. The number of Topliss-reactive ketones (excluding diaryl/α,β-unsaturated/α-hetero) is 1. The van der Waals surface area contributed by atoms with Crippen molar-refractivity contribution in [1.29, 1.82) is 0 Å². The maximum Gasteiger partial charge on any atom is 0.169 e. The summed E-state index contributed by atoms with van der Waals surface area (Å²) in [6.45, 7) is 5.84. The lowest BCUT2D eigenvalue weighted by Crippen LogP contribution is -2.37. The third-order valence-electron chi connectivity index (χ3n) is 3.83. The lowest BCUT2D eigenvalue weighted by Gasteiger charge is -2.26. The van der Waals surface area contributed by atoms with Crippen molar-refractivity contribution in [3.63, 3.8) is 0 Å². The van der Waals surface area contributed by atoms with E-state index in [9.17, 15) is 4.79 Å². The Labute approximate surface area is 124 Å². The molecule has 1 aromatic rings. The molecule has 0 amide bonds. The SMILES string of the molecule is O=C1CCOc2cc(OCCCN3CCOCC3)ccc21. The van der Waals surface area contributed by atoms with Crippen LogP contribution in [-0.2, 0) is 4.74 Å². The van der Waals surface area contributed by atoms with Gasteiger partial charge in [-0.05, 0) is 18.6 Å². The summed E-state index contributed by atoms with van der Waals surface area (Å²) in [7, 11) is 0. The zero-order chi connectivity index (χ0) is 14.5. The number of ketones is 1. The van der Waals surface area contributed by atoms with Gasteiger partial charge in [-0.2, -0.15) is 0 Å². The second-order valence-electron chi connectivity index (χ2n) is 5.34. The predicted molar refractivity (Wildman–Crippen MR) is 78.3 cm³/mol. The fourth-order valence-corrected chi connectivity index (χ4v) is 2.63. The van der Waals surface area contributed by atoms with Crippen LogP contribution in [-0.4, -0.2) is 56.7 Å². The molecule has 1 fully saturated rings. The quantitative estimate of drug-likeness (QED) is 0.774. The van der Waals surface area contributed by atoms with Gasteiger partial charge in [-0.25, -0.2) is 0 Å². The molecule has 0 aromatic heterocycles. The molecule has 0 atom stereocenters. The van der Waals surface area contributed by atoms with E-state index < -0.39 is 0 Å². The first-order valence-electron chi connectivity index (χ1n) is 7.56. The van der Waals surface area contributed by atoms with Crippen LogP contribution in [0.25, 0.3) is 0 Å². The Morgan fingerprint density at radius 2 is 2.05 bits per heavy atom. The van der Waals surface area contributed by atoms with Crippen molar-refractivity contribution in [3.05, 3.63) is 23.8 Å². The number of benzene rings is 1. The van der Waals surface area contributed by atoms with E-state index in [2.05, 4.69) is 4.90 Å². The van der Waals surface area contributed by atoms with Crippen molar-refractivity contribution in [1.82, 2.24) is 4.90 Å². The van der Waals surface area contributed by atoms with E-state index in [0.717, 1.165) is 45.0 Å². The van der Waals surface area contributed by atoms with E-state index in [4.69, 9.17) is 14.2 Å². The number of hydrogen-bond acceptors (Lipinski definition) is 5. The number of nitrogens with zero attached hydrogens (tertiary/aromatic N) is 1. The Bertz CT molecular complexity index is 497. The summed E-state index contributed by atoms with van der Waals surface area (Å²) < 4.78 is 16.6. The first-order chi connectivity index (χ1) is 10.3. The highest BCUT2D eigenvalue weighted by atomic mass is 16.5. The fourth-order valence-electron chi connectivity index (χ4n) is 2.63. The van der Waals surface area contributed by atoms with Crippen LogP contribution in [0.3, 0.4) is 0 Å². The Kier molecular flexibility index (Phi) is 4.72. The molecule has 1 aromatic carbocycles. The lowest BCUT2D eigenvalue weighted by molar-refractivity contribution is 0.0358. The molecular weight excluding hydrogens is 270 g/mol. The second kappa shape index (κ2) is 6.91. The minimum Gasteiger partial charge on any atom is -0.493 e. The van der Waals surface area contributed by atoms with Crippen molar-refractivity contribution in [2.75, 3.05) is 46.1 Å². The highest BCUT2D eigenvalue weighted by Crippen LogP contribution is 2.29. The van der Waals surface area contributed by atoms with Gasteiger partial charge in [-0.15, -0.1) is 0 Å². The number of ether oxygens (including phenoxy) is 3. The fraction of sp³-hybridized carbons (Fsp3) is 0.562. The number of hydrogen-bond donors (Lipinski definition) is 0. The van der Waals surface area contributed by atoms with Crippen molar-refractivity contribution in [2.45, 2.75) is 12.8 Å². The molecule has 1 saturated heterocycles. The topological polar surface area (TPSA) is 48.0 Å².